The van der Waals surface area contributed by atoms with Crippen LogP contribution in [0, 0.1) is 0 Å². The van der Waals surface area contributed by atoms with E-state index in [0.717, 1.165) is 55.6 Å². The van der Waals surface area contributed by atoms with E-state index in [1.807, 2.05) is 6.92 Å². The molecule has 2 aliphatic carbocycles. The standard InChI is InChI=1S/C19H22ClN3O2/c1-19(25)9-12(10-19)21-18-14-5-3-2-4-13(14)17(22-23-18)15-7-6-11(20)8-16(15)24/h6-8,12,24-25H,2-5,9-10H2,1H3,(H,21,23). The van der Waals surface area contributed by atoms with Gasteiger partial charge in [-0.2, -0.15) is 0 Å². The van der Waals surface area contributed by atoms with Crippen molar-refractivity contribution in [3.63, 3.8) is 0 Å². The molecule has 0 bridgehead atoms. The Labute approximate surface area is 152 Å². The van der Waals surface area contributed by atoms with Crippen molar-refractivity contribution in [2.45, 2.75) is 57.1 Å². The minimum Gasteiger partial charge on any atom is -0.507 e. The number of aromatic nitrogens is 2. The minimum atomic E-state index is -0.569. The van der Waals surface area contributed by atoms with Gasteiger partial charge in [-0.1, -0.05) is 11.6 Å². The van der Waals surface area contributed by atoms with Crippen LogP contribution in [0.1, 0.15) is 43.7 Å². The lowest BCUT2D eigenvalue weighted by molar-refractivity contribution is -0.0235. The summed E-state index contributed by atoms with van der Waals surface area (Å²) in [5.74, 6) is 0.956. The lowest BCUT2D eigenvalue weighted by atomic mass is 9.77. The molecule has 2 aliphatic rings. The van der Waals surface area contributed by atoms with E-state index in [-0.39, 0.29) is 11.8 Å². The summed E-state index contributed by atoms with van der Waals surface area (Å²) in [4.78, 5) is 0. The van der Waals surface area contributed by atoms with E-state index in [1.54, 1.807) is 12.1 Å². The molecule has 6 heteroatoms. The summed E-state index contributed by atoms with van der Waals surface area (Å²) in [5, 5.41) is 33.0. The van der Waals surface area contributed by atoms with Crippen LogP contribution in [0.15, 0.2) is 18.2 Å². The smallest absolute Gasteiger partial charge is 0.152 e. The Morgan fingerprint density at radius 2 is 1.88 bits per heavy atom. The number of aliphatic hydroxyl groups is 1. The molecule has 3 N–H and O–H groups in total. The molecule has 0 radical (unpaired) electrons. The quantitative estimate of drug-likeness (QED) is 0.778. The maximum absolute atomic E-state index is 10.3. The number of anilines is 1. The number of nitrogens with one attached hydrogen (secondary N) is 1. The predicted octanol–water partition coefficient (Wildman–Crippen LogP) is 3.71. The summed E-state index contributed by atoms with van der Waals surface area (Å²) in [7, 11) is 0. The largest absolute Gasteiger partial charge is 0.507 e. The van der Waals surface area contributed by atoms with E-state index in [4.69, 9.17) is 11.6 Å². The number of phenolic OH excluding ortho intramolecular Hbond substituents is 1. The molecular weight excluding hydrogens is 338 g/mol. The second-order valence-corrected chi connectivity index (χ2v) is 7.91. The van der Waals surface area contributed by atoms with E-state index < -0.39 is 5.60 Å². The second-order valence-electron chi connectivity index (χ2n) is 7.47. The van der Waals surface area contributed by atoms with Crippen LogP contribution in [-0.2, 0) is 12.8 Å². The molecule has 0 aliphatic heterocycles. The van der Waals surface area contributed by atoms with Crippen molar-refractivity contribution in [3.8, 4) is 17.0 Å². The van der Waals surface area contributed by atoms with Gasteiger partial charge in [0.05, 0.1) is 5.60 Å². The van der Waals surface area contributed by atoms with Crippen molar-refractivity contribution in [2.75, 3.05) is 5.32 Å². The average Bonchev–Trinajstić information content (AvgIpc) is 2.54. The van der Waals surface area contributed by atoms with Crippen molar-refractivity contribution < 1.29 is 10.2 Å². The van der Waals surface area contributed by atoms with Gasteiger partial charge in [-0.25, -0.2) is 0 Å². The second kappa shape index (κ2) is 6.15. The molecule has 5 nitrogen and oxygen atoms in total. The first kappa shape index (κ1) is 16.6. The molecule has 0 amide bonds. The summed E-state index contributed by atoms with van der Waals surface area (Å²) in [6.45, 7) is 1.86. The van der Waals surface area contributed by atoms with Crippen LogP contribution in [0.4, 0.5) is 5.82 Å². The first-order chi connectivity index (χ1) is 11.9. The first-order valence-electron chi connectivity index (χ1n) is 8.79. The highest BCUT2D eigenvalue weighted by molar-refractivity contribution is 6.30. The van der Waals surface area contributed by atoms with Crippen molar-refractivity contribution in [1.29, 1.82) is 0 Å². The van der Waals surface area contributed by atoms with E-state index in [0.29, 0.717) is 10.6 Å². The number of rotatable bonds is 3. The number of fused-ring (bicyclic) bond motifs is 1. The molecule has 132 valence electrons. The molecule has 1 aromatic heterocycles. The van der Waals surface area contributed by atoms with Gasteiger partial charge in [-0.3, -0.25) is 0 Å². The summed E-state index contributed by atoms with van der Waals surface area (Å²) < 4.78 is 0. The normalized spacial score (nSPS) is 25.2. The molecule has 0 spiro atoms. The highest BCUT2D eigenvalue weighted by Crippen LogP contribution is 2.39. The number of hydrogen-bond acceptors (Lipinski definition) is 5. The van der Waals surface area contributed by atoms with E-state index >= 15 is 0 Å². The molecule has 1 fully saturated rings. The van der Waals surface area contributed by atoms with Crippen molar-refractivity contribution in [1.82, 2.24) is 10.2 Å². The zero-order valence-electron chi connectivity index (χ0n) is 14.2. The van der Waals surface area contributed by atoms with Gasteiger partial charge in [0.25, 0.3) is 0 Å². The highest BCUT2D eigenvalue weighted by Gasteiger charge is 2.39. The molecule has 0 unspecified atom stereocenters. The SMILES string of the molecule is CC1(O)CC(Nc2nnc(-c3ccc(Cl)cc3O)c3c2CCCC3)C1. The Hall–Kier alpha value is -1.85. The van der Waals surface area contributed by atoms with E-state index in [2.05, 4.69) is 15.5 Å². The Morgan fingerprint density at radius 1 is 1.16 bits per heavy atom. The number of hydrogen-bond donors (Lipinski definition) is 3. The van der Waals surface area contributed by atoms with Gasteiger partial charge in [0, 0.05) is 22.2 Å². The average molecular weight is 360 g/mol. The van der Waals surface area contributed by atoms with Gasteiger partial charge >= 0.3 is 0 Å². The molecule has 1 aromatic carbocycles. The van der Waals surface area contributed by atoms with Crippen LogP contribution in [0.25, 0.3) is 11.3 Å². The molecule has 4 rings (SSSR count). The zero-order valence-corrected chi connectivity index (χ0v) is 15.0. The molecule has 2 aromatic rings. The third-order valence-corrected chi connectivity index (χ3v) is 5.45. The van der Waals surface area contributed by atoms with Crippen LogP contribution < -0.4 is 5.32 Å². The molecule has 0 saturated heterocycles. The van der Waals surface area contributed by atoms with Crippen LogP contribution >= 0.6 is 11.6 Å². The van der Waals surface area contributed by atoms with Crippen LogP contribution in [0.3, 0.4) is 0 Å². The van der Waals surface area contributed by atoms with Crippen LogP contribution in [0.5, 0.6) is 5.75 Å². The summed E-state index contributed by atoms with van der Waals surface area (Å²) in [6, 6.07) is 5.34. The monoisotopic (exact) mass is 359 g/mol. The van der Waals surface area contributed by atoms with Crippen molar-refractivity contribution in [3.05, 3.63) is 34.3 Å². The van der Waals surface area contributed by atoms with Crippen LogP contribution in [0.2, 0.25) is 5.02 Å². The summed E-state index contributed by atoms with van der Waals surface area (Å²) in [6.07, 6.45) is 5.57. The highest BCUT2D eigenvalue weighted by atomic mass is 35.5. The maximum Gasteiger partial charge on any atom is 0.152 e. The molecular formula is C19H22ClN3O2. The minimum absolute atomic E-state index is 0.130. The van der Waals surface area contributed by atoms with Gasteiger partial charge in [0.1, 0.15) is 11.4 Å². The third kappa shape index (κ3) is 3.18. The molecule has 1 heterocycles. The maximum atomic E-state index is 10.3. The Kier molecular flexibility index (Phi) is 4.08. The summed E-state index contributed by atoms with van der Waals surface area (Å²) >= 11 is 5.95. The third-order valence-electron chi connectivity index (χ3n) is 5.22. The predicted molar refractivity (Wildman–Crippen MR) is 98.1 cm³/mol. The van der Waals surface area contributed by atoms with Crippen molar-refractivity contribution >= 4 is 17.4 Å². The molecule has 0 atom stereocenters. The Balaban J connectivity index is 1.70. The van der Waals surface area contributed by atoms with Crippen LogP contribution in [-0.4, -0.2) is 32.1 Å². The number of aromatic hydroxyl groups is 1. The van der Waals surface area contributed by atoms with E-state index in [9.17, 15) is 10.2 Å². The number of nitrogens with zero attached hydrogens (tertiary/aromatic N) is 2. The fraction of sp³-hybridized carbons (Fsp3) is 0.474. The van der Waals surface area contributed by atoms with Gasteiger partial charge in [0.2, 0.25) is 0 Å². The molecule has 1 saturated carbocycles. The number of phenols is 1. The number of benzene rings is 1. The lowest BCUT2D eigenvalue weighted by Gasteiger charge is -2.41. The number of halogens is 1. The van der Waals surface area contributed by atoms with E-state index in [1.165, 1.54) is 11.6 Å². The van der Waals surface area contributed by atoms with Gasteiger partial charge in [-0.15, -0.1) is 10.2 Å². The topological polar surface area (TPSA) is 78.3 Å². The fourth-order valence-corrected chi connectivity index (χ4v) is 4.15. The van der Waals surface area contributed by atoms with Crippen molar-refractivity contribution in [2.24, 2.45) is 0 Å². The zero-order chi connectivity index (χ0) is 17.6. The lowest BCUT2D eigenvalue weighted by Crippen LogP contribution is -2.48. The Bertz CT molecular complexity index is 815. The molecule has 25 heavy (non-hydrogen) atoms. The first-order valence-corrected chi connectivity index (χ1v) is 9.17. The van der Waals surface area contributed by atoms with Gasteiger partial charge < -0.3 is 15.5 Å². The Morgan fingerprint density at radius 3 is 2.56 bits per heavy atom. The van der Waals surface area contributed by atoms with Gasteiger partial charge in [0.15, 0.2) is 5.82 Å². The fourth-order valence-electron chi connectivity index (χ4n) is 3.98. The van der Waals surface area contributed by atoms with Gasteiger partial charge in [-0.05, 0) is 69.2 Å². The summed E-state index contributed by atoms with van der Waals surface area (Å²) in [5.41, 5.74) is 3.20.